The number of hydrazone groups is 1. The Morgan fingerprint density at radius 2 is 1.80 bits per heavy atom. The van der Waals surface area contributed by atoms with Gasteiger partial charge in [-0.15, -0.1) is 0 Å². The van der Waals surface area contributed by atoms with Crippen LogP contribution in [0, 0.1) is 20.8 Å². The number of amides is 2. The average Bonchev–Trinajstić information content (AvgIpc) is 2.59. The highest BCUT2D eigenvalue weighted by atomic mass is 16.2. The molecule has 0 unspecified atom stereocenters. The molecule has 0 bridgehead atoms. The van der Waals surface area contributed by atoms with Crippen molar-refractivity contribution >= 4 is 28.9 Å². The first kappa shape index (κ1) is 16.9. The van der Waals surface area contributed by atoms with Crippen LogP contribution in [0.2, 0.25) is 0 Å². The van der Waals surface area contributed by atoms with Crippen LogP contribution in [0.4, 0.5) is 11.4 Å². The van der Waals surface area contributed by atoms with Crippen LogP contribution in [0.3, 0.4) is 0 Å². The molecule has 0 atom stereocenters. The predicted octanol–water partition coefficient (Wildman–Crippen LogP) is 3.73. The molecule has 1 aliphatic heterocycles. The van der Waals surface area contributed by atoms with E-state index in [2.05, 4.69) is 10.4 Å². The van der Waals surface area contributed by atoms with Gasteiger partial charge in [0.1, 0.15) is 5.71 Å². The van der Waals surface area contributed by atoms with E-state index >= 15 is 0 Å². The molecular formula is C20H21N3O2. The number of nitrogens with zero attached hydrogens (tertiary/aromatic N) is 2. The molecule has 5 nitrogen and oxygen atoms in total. The van der Waals surface area contributed by atoms with Crippen molar-refractivity contribution in [3.63, 3.8) is 0 Å². The Bertz CT molecular complexity index is 871. The maximum atomic E-state index is 12.6. The quantitative estimate of drug-likeness (QED) is 0.929. The standard InChI is InChI=1S/C20H21N3O2/c1-13-8-9-14(2)17(12-13)21-20(25)16-10-11-19(24)23(22-16)18-7-5-4-6-15(18)3/h4-9,12H,10-11H2,1-3H3,(H,21,25). The molecule has 2 amide bonds. The van der Waals surface area contributed by atoms with E-state index < -0.39 is 0 Å². The summed E-state index contributed by atoms with van der Waals surface area (Å²) in [5.74, 6) is -0.364. The van der Waals surface area contributed by atoms with E-state index in [-0.39, 0.29) is 18.2 Å². The Kier molecular flexibility index (Phi) is 4.65. The van der Waals surface area contributed by atoms with E-state index in [1.165, 1.54) is 5.01 Å². The van der Waals surface area contributed by atoms with Crippen molar-refractivity contribution < 1.29 is 9.59 Å². The monoisotopic (exact) mass is 335 g/mol. The summed E-state index contributed by atoms with van der Waals surface area (Å²) in [6.45, 7) is 5.84. The van der Waals surface area contributed by atoms with E-state index in [1.807, 2.05) is 63.2 Å². The fourth-order valence-electron chi connectivity index (χ4n) is 2.77. The van der Waals surface area contributed by atoms with E-state index in [1.54, 1.807) is 0 Å². The zero-order valence-electron chi connectivity index (χ0n) is 14.7. The van der Waals surface area contributed by atoms with E-state index in [4.69, 9.17) is 0 Å². The molecular weight excluding hydrogens is 314 g/mol. The maximum Gasteiger partial charge on any atom is 0.271 e. The molecule has 3 rings (SSSR count). The van der Waals surface area contributed by atoms with Crippen LogP contribution in [-0.2, 0) is 9.59 Å². The first-order chi connectivity index (χ1) is 12.0. The van der Waals surface area contributed by atoms with Crippen LogP contribution >= 0.6 is 0 Å². The topological polar surface area (TPSA) is 61.8 Å². The number of carbonyl (C=O) groups is 2. The Balaban J connectivity index is 1.87. The predicted molar refractivity (Wildman–Crippen MR) is 99.9 cm³/mol. The van der Waals surface area contributed by atoms with Crippen molar-refractivity contribution in [2.75, 3.05) is 10.3 Å². The van der Waals surface area contributed by atoms with Gasteiger partial charge in [0.2, 0.25) is 5.91 Å². The summed E-state index contributed by atoms with van der Waals surface area (Å²) in [6, 6.07) is 13.4. The second-order valence-corrected chi connectivity index (χ2v) is 6.31. The van der Waals surface area contributed by atoms with Gasteiger partial charge in [-0.1, -0.05) is 30.3 Å². The third-order valence-electron chi connectivity index (χ3n) is 4.28. The summed E-state index contributed by atoms with van der Waals surface area (Å²) in [5.41, 5.74) is 4.85. The summed E-state index contributed by atoms with van der Waals surface area (Å²) in [5, 5.41) is 8.59. The lowest BCUT2D eigenvalue weighted by atomic mass is 10.1. The Labute approximate surface area is 147 Å². The molecule has 0 radical (unpaired) electrons. The highest BCUT2D eigenvalue weighted by Crippen LogP contribution is 2.24. The van der Waals surface area contributed by atoms with Crippen LogP contribution in [0.1, 0.15) is 29.5 Å². The van der Waals surface area contributed by atoms with Crippen molar-refractivity contribution in [3.05, 3.63) is 59.2 Å². The molecule has 1 aliphatic rings. The first-order valence-corrected chi connectivity index (χ1v) is 8.30. The minimum Gasteiger partial charge on any atom is -0.321 e. The van der Waals surface area contributed by atoms with Gasteiger partial charge in [-0.05, 0) is 49.6 Å². The number of para-hydroxylation sites is 1. The number of anilines is 2. The zero-order chi connectivity index (χ0) is 18.0. The minimum atomic E-state index is -0.264. The minimum absolute atomic E-state index is 0.0995. The summed E-state index contributed by atoms with van der Waals surface area (Å²) < 4.78 is 0. The molecule has 5 heteroatoms. The summed E-state index contributed by atoms with van der Waals surface area (Å²) in [6.07, 6.45) is 0.616. The Morgan fingerprint density at radius 3 is 2.56 bits per heavy atom. The molecule has 25 heavy (non-hydrogen) atoms. The van der Waals surface area contributed by atoms with Crippen LogP contribution in [0.5, 0.6) is 0 Å². The Hall–Kier alpha value is -2.95. The maximum absolute atomic E-state index is 12.6. The lowest BCUT2D eigenvalue weighted by Crippen LogP contribution is -2.36. The third kappa shape index (κ3) is 3.60. The smallest absolute Gasteiger partial charge is 0.271 e. The first-order valence-electron chi connectivity index (χ1n) is 8.30. The van der Waals surface area contributed by atoms with Gasteiger partial charge >= 0.3 is 0 Å². The summed E-state index contributed by atoms with van der Waals surface area (Å²) >= 11 is 0. The van der Waals surface area contributed by atoms with Gasteiger partial charge in [0, 0.05) is 18.5 Å². The van der Waals surface area contributed by atoms with E-state index in [0.29, 0.717) is 17.8 Å². The SMILES string of the molecule is Cc1ccc(C)c(NC(=O)C2=NN(c3ccccc3C)C(=O)CC2)c1. The number of benzene rings is 2. The molecule has 2 aromatic carbocycles. The van der Waals surface area contributed by atoms with Gasteiger partial charge in [-0.2, -0.15) is 5.10 Å². The second-order valence-electron chi connectivity index (χ2n) is 6.31. The van der Waals surface area contributed by atoms with Crippen molar-refractivity contribution in [2.45, 2.75) is 33.6 Å². The van der Waals surface area contributed by atoms with Crippen LogP contribution in [0.15, 0.2) is 47.6 Å². The van der Waals surface area contributed by atoms with Crippen LogP contribution in [-0.4, -0.2) is 17.5 Å². The average molecular weight is 335 g/mol. The number of aryl methyl sites for hydroxylation is 3. The zero-order valence-corrected chi connectivity index (χ0v) is 14.7. The van der Waals surface area contributed by atoms with Gasteiger partial charge in [-0.25, -0.2) is 5.01 Å². The lowest BCUT2D eigenvalue weighted by molar-refractivity contribution is -0.118. The van der Waals surface area contributed by atoms with Gasteiger partial charge in [0.25, 0.3) is 5.91 Å². The summed E-state index contributed by atoms with van der Waals surface area (Å²) in [4.78, 5) is 24.9. The highest BCUT2D eigenvalue weighted by molar-refractivity contribution is 6.44. The normalized spacial score (nSPS) is 14.3. The van der Waals surface area contributed by atoms with Gasteiger partial charge < -0.3 is 5.32 Å². The number of nitrogens with one attached hydrogen (secondary N) is 1. The van der Waals surface area contributed by atoms with Gasteiger partial charge in [0.15, 0.2) is 0 Å². The number of hydrogen-bond donors (Lipinski definition) is 1. The molecule has 0 spiro atoms. The molecule has 1 N–H and O–H groups in total. The molecule has 2 aromatic rings. The molecule has 128 valence electrons. The number of rotatable bonds is 3. The molecule has 1 heterocycles. The highest BCUT2D eigenvalue weighted by Gasteiger charge is 2.26. The molecule has 0 fully saturated rings. The van der Waals surface area contributed by atoms with Crippen molar-refractivity contribution in [2.24, 2.45) is 5.10 Å². The molecule has 0 saturated carbocycles. The van der Waals surface area contributed by atoms with Crippen LogP contribution < -0.4 is 10.3 Å². The van der Waals surface area contributed by atoms with Crippen LogP contribution in [0.25, 0.3) is 0 Å². The Morgan fingerprint density at radius 1 is 1.04 bits per heavy atom. The van der Waals surface area contributed by atoms with Crippen molar-refractivity contribution in [1.29, 1.82) is 0 Å². The van der Waals surface area contributed by atoms with Gasteiger partial charge in [-0.3, -0.25) is 9.59 Å². The molecule has 0 saturated heterocycles. The second kappa shape index (κ2) is 6.89. The van der Waals surface area contributed by atoms with Crippen molar-refractivity contribution in [3.8, 4) is 0 Å². The van der Waals surface area contributed by atoms with E-state index in [0.717, 1.165) is 22.4 Å². The van der Waals surface area contributed by atoms with E-state index in [9.17, 15) is 9.59 Å². The van der Waals surface area contributed by atoms with Gasteiger partial charge in [0.05, 0.1) is 5.69 Å². The fourth-order valence-corrected chi connectivity index (χ4v) is 2.77. The fraction of sp³-hybridized carbons (Fsp3) is 0.250. The number of hydrogen-bond acceptors (Lipinski definition) is 3. The molecule has 0 aliphatic carbocycles. The molecule has 0 aromatic heterocycles. The lowest BCUT2D eigenvalue weighted by Gasteiger charge is -2.24. The number of carbonyl (C=O) groups excluding carboxylic acids is 2. The van der Waals surface area contributed by atoms with Crippen molar-refractivity contribution in [1.82, 2.24) is 0 Å². The third-order valence-corrected chi connectivity index (χ3v) is 4.28. The summed E-state index contributed by atoms with van der Waals surface area (Å²) in [7, 11) is 0. The largest absolute Gasteiger partial charge is 0.321 e.